The molecule has 7 aromatic rings. The second-order valence-electron chi connectivity index (χ2n) is 8.60. The zero-order valence-corrected chi connectivity index (χ0v) is 18.2. The highest BCUT2D eigenvalue weighted by Gasteiger charge is 2.21. The number of nitrogens with zero attached hydrogens (tertiary/aromatic N) is 3. The van der Waals surface area contributed by atoms with E-state index in [-0.39, 0.29) is 0 Å². The summed E-state index contributed by atoms with van der Waals surface area (Å²) in [5, 5.41) is 3.55. The molecule has 0 bridgehead atoms. The minimum absolute atomic E-state index is 1.03. The van der Waals surface area contributed by atoms with Crippen LogP contribution in [0.15, 0.2) is 109 Å². The van der Waals surface area contributed by atoms with Crippen molar-refractivity contribution in [3.63, 3.8) is 0 Å². The van der Waals surface area contributed by atoms with Crippen molar-refractivity contribution in [3.8, 4) is 11.4 Å². The molecule has 3 aromatic heterocycles. The Morgan fingerprint density at radius 3 is 1.97 bits per heavy atom. The van der Waals surface area contributed by atoms with E-state index in [1.165, 1.54) is 38.3 Å². The van der Waals surface area contributed by atoms with Gasteiger partial charge in [0.05, 0.1) is 27.6 Å². The van der Waals surface area contributed by atoms with E-state index in [9.17, 15) is 0 Å². The predicted molar refractivity (Wildman–Crippen MR) is 138 cm³/mol. The molecule has 0 unspecified atom stereocenters. The standard InChI is InChI=1S/C30H21N3/c1-20-10-9-13-22(18-20)33-27-17-8-6-15-24(27)28-30(33)29-25(19-31-28)23-14-5-7-16-26(23)32(29)21-11-3-2-4-12-21/h2-19H,1H3. The van der Waals surface area contributed by atoms with E-state index in [1.54, 1.807) is 0 Å². The molecule has 0 amide bonds. The van der Waals surface area contributed by atoms with Crippen LogP contribution < -0.4 is 0 Å². The molecule has 0 N–H and O–H groups in total. The summed E-state index contributed by atoms with van der Waals surface area (Å²) < 4.78 is 4.77. The number of hydrogen-bond donors (Lipinski definition) is 0. The minimum atomic E-state index is 1.03. The SMILES string of the molecule is Cc1cccc(-n2c3ccccc3c3ncc4c5ccccc5n(-c5ccccc5)c4c32)c1. The molecule has 0 radical (unpaired) electrons. The van der Waals surface area contributed by atoms with E-state index in [1.807, 2.05) is 6.20 Å². The average molecular weight is 424 g/mol. The van der Waals surface area contributed by atoms with Gasteiger partial charge in [-0.05, 0) is 48.9 Å². The van der Waals surface area contributed by atoms with Crippen molar-refractivity contribution in [2.24, 2.45) is 0 Å². The summed E-state index contributed by atoms with van der Waals surface area (Å²) in [7, 11) is 0. The van der Waals surface area contributed by atoms with Crippen LogP contribution in [0.3, 0.4) is 0 Å². The maximum Gasteiger partial charge on any atom is 0.0985 e. The van der Waals surface area contributed by atoms with Crippen molar-refractivity contribution in [1.82, 2.24) is 14.1 Å². The zero-order valence-electron chi connectivity index (χ0n) is 18.2. The molecule has 0 fully saturated rings. The molecule has 3 heterocycles. The highest BCUT2D eigenvalue weighted by atomic mass is 15.1. The van der Waals surface area contributed by atoms with Crippen LogP contribution in [0.1, 0.15) is 5.56 Å². The van der Waals surface area contributed by atoms with E-state index in [4.69, 9.17) is 4.98 Å². The Hall–Kier alpha value is -4.37. The third-order valence-electron chi connectivity index (χ3n) is 6.58. The molecule has 156 valence electrons. The summed E-state index contributed by atoms with van der Waals surface area (Å²) in [6.07, 6.45) is 2.05. The maximum absolute atomic E-state index is 5.03. The fraction of sp³-hybridized carbons (Fsp3) is 0.0333. The highest BCUT2D eigenvalue weighted by molar-refractivity contribution is 6.22. The van der Waals surface area contributed by atoms with E-state index < -0.39 is 0 Å². The first-order valence-electron chi connectivity index (χ1n) is 11.2. The quantitative estimate of drug-likeness (QED) is 0.281. The van der Waals surface area contributed by atoms with Gasteiger partial charge in [-0.2, -0.15) is 0 Å². The Kier molecular flexibility index (Phi) is 3.76. The van der Waals surface area contributed by atoms with Crippen molar-refractivity contribution >= 4 is 43.7 Å². The smallest absolute Gasteiger partial charge is 0.0985 e. The first kappa shape index (κ1) is 18.2. The molecule has 7 rings (SSSR count). The lowest BCUT2D eigenvalue weighted by molar-refractivity contribution is 1.14. The van der Waals surface area contributed by atoms with Gasteiger partial charge in [-0.1, -0.05) is 66.7 Å². The topological polar surface area (TPSA) is 22.8 Å². The Morgan fingerprint density at radius 1 is 0.545 bits per heavy atom. The summed E-state index contributed by atoms with van der Waals surface area (Å²) in [6, 6.07) is 36.5. The third-order valence-corrected chi connectivity index (χ3v) is 6.58. The van der Waals surface area contributed by atoms with Gasteiger partial charge < -0.3 is 9.13 Å². The fourth-order valence-corrected chi connectivity index (χ4v) is 5.21. The van der Waals surface area contributed by atoms with Gasteiger partial charge >= 0.3 is 0 Å². The van der Waals surface area contributed by atoms with Crippen molar-refractivity contribution in [2.45, 2.75) is 6.92 Å². The molecule has 0 aliphatic heterocycles. The van der Waals surface area contributed by atoms with Crippen LogP contribution >= 0.6 is 0 Å². The van der Waals surface area contributed by atoms with Crippen LogP contribution in [0.2, 0.25) is 0 Å². The van der Waals surface area contributed by atoms with Crippen LogP contribution in [0.25, 0.3) is 55.1 Å². The highest BCUT2D eigenvalue weighted by Crippen LogP contribution is 2.40. The monoisotopic (exact) mass is 423 g/mol. The summed E-state index contributed by atoms with van der Waals surface area (Å²) in [4.78, 5) is 5.03. The summed E-state index contributed by atoms with van der Waals surface area (Å²) in [6.45, 7) is 2.15. The molecule has 0 spiro atoms. The van der Waals surface area contributed by atoms with Crippen molar-refractivity contribution < 1.29 is 0 Å². The number of hydrogen-bond acceptors (Lipinski definition) is 1. The number of fused-ring (bicyclic) bond motifs is 7. The average Bonchev–Trinajstić information content (AvgIpc) is 3.38. The van der Waals surface area contributed by atoms with Crippen LogP contribution in [0.4, 0.5) is 0 Å². The van der Waals surface area contributed by atoms with Gasteiger partial charge in [0.25, 0.3) is 0 Å². The van der Waals surface area contributed by atoms with Crippen LogP contribution in [0, 0.1) is 6.92 Å². The van der Waals surface area contributed by atoms with Gasteiger partial charge in [0.1, 0.15) is 0 Å². The largest absolute Gasteiger partial charge is 0.307 e. The summed E-state index contributed by atoms with van der Waals surface area (Å²) in [5.41, 5.74) is 9.25. The summed E-state index contributed by atoms with van der Waals surface area (Å²) >= 11 is 0. The van der Waals surface area contributed by atoms with Crippen molar-refractivity contribution in [1.29, 1.82) is 0 Å². The van der Waals surface area contributed by atoms with Gasteiger partial charge in [-0.3, -0.25) is 4.98 Å². The maximum atomic E-state index is 5.03. The Labute approximate surface area is 191 Å². The second kappa shape index (κ2) is 6.81. The van der Waals surface area contributed by atoms with Gasteiger partial charge in [-0.15, -0.1) is 0 Å². The molecule has 33 heavy (non-hydrogen) atoms. The number of para-hydroxylation sites is 3. The lowest BCUT2D eigenvalue weighted by Crippen LogP contribution is -1.99. The molecule has 0 atom stereocenters. The van der Waals surface area contributed by atoms with Gasteiger partial charge in [-0.25, -0.2) is 0 Å². The molecule has 3 nitrogen and oxygen atoms in total. The second-order valence-corrected chi connectivity index (χ2v) is 8.60. The minimum Gasteiger partial charge on any atom is -0.307 e. The number of pyridine rings is 1. The van der Waals surface area contributed by atoms with Crippen LogP contribution in [-0.4, -0.2) is 14.1 Å². The van der Waals surface area contributed by atoms with E-state index in [0.717, 1.165) is 22.4 Å². The number of aryl methyl sites for hydroxylation is 1. The molecule has 0 saturated carbocycles. The lowest BCUT2D eigenvalue weighted by atomic mass is 10.1. The molecule has 4 aromatic carbocycles. The Balaban J connectivity index is 1.80. The van der Waals surface area contributed by atoms with Crippen molar-refractivity contribution in [2.75, 3.05) is 0 Å². The van der Waals surface area contributed by atoms with Gasteiger partial charge in [0.15, 0.2) is 0 Å². The molecule has 0 aliphatic rings. The number of aromatic nitrogens is 3. The fourth-order valence-electron chi connectivity index (χ4n) is 5.21. The van der Waals surface area contributed by atoms with E-state index >= 15 is 0 Å². The molecule has 0 aliphatic carbocycles. The van der Waals surface area contributed by atoms with E-state index in [0.29, 0.717) is 0 Å². The third kappa shape index (κ3) is 2.53. The first-order chi connectivity index (χ1) is 16.3. The first-order valence-corrected chi connectivity index (χ1v) is 11.2. The Bertz CT molecular complexity index is 1820. The number of rotatable bonds is 2. The predicted octanol–water partition coefficient (Wildman–Crippen LogP) is 7.58. The molecular formula is C30H21N3. The van der Waals surface area contributed by atoms with Crippen LogP contribution in [0.5, 0.6) is 0 Å². The number of benzene rings is 4. The Morgan fingerprint density at radius 2 is 1.18 bits per heavy atom. The molecule has 0 saturated heterocycles. The normalized spacial score (nSPS) is 11.8. The summed E-state index contributed by atoms with van der Waals surface area (Å²) in [5.74, 6) is 0. The van der Waals surface area contributed by atoms with Crippen LogP contribution in [-0.2, 0) is 0 Å². The van der Waals surface area contributed by atoms with Gasteiger partial charge in [0, 0.05) is 33.7 Å². The van der Waals surface area contributed by atoms with Crippen molar-refractivity contribution in [3.05, 3.63) is 115 Å². The molecule has 3 heteroatoms. The van der Waals surface area contributed by atoms with E-state index in [2.05, 4.69) is 119 Å². The molecular weight excluding hydrogens is 402 g/mol. The lowest BCUT2D eigenvalue weighted by Gasteiger charge is -2.12. The zero-order chi connectivity index (χ0) is 21.9. The van der Waals surface area contributed by atoms with Gasteiger partial charge in [0.2, 0.25) is 0 Å².